The molecule has 1 fully saturated rings. The molecule has 1 aliphatic heterocycles. The summed E-state index contributed by atoms with van der Waals surface area (Å²) in [4.78, 5) is 14.4. The number of hydrogen-bond donors (Lipinski definition) is 0. The predicted molar refractivity (Wildman–Crippen MR) is 108 cm³/mol. The molecule has 1 amide bonds. The highest BCUT2D eigenvalue weighted by molar-refractivity contribution is 7.89. The monoisotopic (exact) mass is 442 g/mol. The van der Waals surface area contributed by atoms with Gasteiger partial charge in [0.2, 0.25) is 10.0 Å². The van der Waals surface area contributed by atoms with Crippen molar-refractivity contribution in [1.29, 1.82) is 0 Å². The van der Waals surface area contributed by atoms with Gasteiger partial charge in [0.25, 0.3) is 5.91 Å². The number of hydrogen-bond acceptors (Lipinski definition) is 4. The molecule has 0 bridgehead atoms. The Morgan fingerprint density at radius 2 is 1.82 bits per heavy atom. The number of sulfonamides is 1. The third kappa shape index (κ3) is 4.67. The van der Waals surface area contributed by atoms with E-state index < -0.39 is 10.0 Å². The fraction of sp³-hybridized carbons (Fsp3) is 0.316. The molecule has 2 aromatic rings. The number of rotatable bonds is 5. The van der Waals surface area contributed by atoms with Gasteiger partial charge in [0, 0.05) is 32.2 Å². The Kier molecular flexibility index (Phi) is 6.62. The lowest BCUT2D eigenvalue weighted by Crippen LogP contribution is -2.40. The van der Waals surface area contributed by atoms with Crippen molar-refractivity contribution in [2.24, 2.45) is 0 Å². The van der Waals surface area contributed by atoms with Gasteiger partial charge in [-0.15, -0.1) is 0 Å². The average Bonchev–Trinajstić information content (AvgIpc) is 2.71. The summed E-state index contributed by atoms with van der Waals surface area (Å²) in [7, 11) is -2.02. The van der Waals surface area contributed by atoms with E-state index in [1.165, 1.54) is 21.3 Å². The molecule has 0 spiro atoms. The first-order chi connectivity index (χ1) is 13.3. The van der Waals surface area contributed by atoms with Crippen molar-refractivity contribution in [3.8, 4) is 0 Å². The minimum atomic E-state index is -3.66. The van der Waals surface area contributed by atoms with Gasteiger partial charge < -0.3 is 9.64 Å². The third-order valence-electron chi connectivity index (χ3n) is 4.44. The maximum absolute atomic E-state index is 12.8. The van der Waals surface area contributed by atoms with Gasteiger partial charge in [-0.05, 0) is 35.9 Å². The Morgan fingerprint density at radius 3 is 2.50 bits per heavy atom. The normalized spacial score (nSPS) is 15.4. The number of carbonyl (C=O) groups is 1. The van der Waals surface area contributed by atoms with Crippen LogP contribution in [0.3, 0.4) is 0 Å². The molecule has 0 aliphatic carbocycles. The summed E-state index contributed by atoms with van der Waals surface area (Å²) in [5.74, 6) is -0.287. The number of amides is 1. The van der Waals surface area contributed by atoms with Gasteiger partial charge in [-0.1, -0.05) is 35.3 Å². The van der Waals surface area contributed by atoms with Crippen LogP contribution in [0.5, 0.6) is 0 Å². The predicted octanol–water partition coefficient (Wildman–Crippen LogP) is 3.29. The van der Waals surface area contributed by atoms with E-state index in [0.29, 0.717) is 48.5 Å². The van der Waals surface area contributed by atoms with Crippen molar-refractivity contribution in [3.05, 3.63) is 63.6 Å². The van der Waals surface area contributed by atoms with Gasteiger partial charge in [0.05, 0.1) is 28.2 Å². The molecule has 0 saturated carbocycles. The Bertz CT molecular complexity index is 976. The lowest BCUT2D eigenvalue weighted by atomic mass is 10.1. The van der Waals surface area contributed by atoms with Gasteiger partial charge in [0.1, 0.15) is 0 Å². The maximum atomic E-state index is 12.8. The molecule has 28 heavy (non-hydrogen) atoms. The zero-order valence-corrected chi connectivity index (χ0v) is 17.6. The van der Waals surface area contributed by atoms with Crippen LogP contribution in [0.25, 0.3) is 0 Å². The molecule has 0 atom stereocenters. The average molecular weight is 443 g/mol. The van der Waals surface area contributed by atoms with Crippen LogP contribution >= 0.6 is 23.2 Å². The largest absolute Gasteiger partial charge is 0.379 e. The van der Waals surface area contributed by atoms with Gasteiger partial charge in [-0.25, -0.2) is 8.42 Å². The summed E-state index contributed by atoms with van der Waals surface area (Å²) in [6, 6.07) is 11.3. The topological polar surface area (TPSA) is 66.9 Å². The Balaban J connectivity index is 1.78. The van der Waals surface area contributed by atoms with E-state index in [9.17, 15) is 13.2 Å². The first kappa shape index (κ1) is 21.1. The lowest BCUT2D eigenvalue weighted by Gasteiger charge is -2.26. The zero-order valence-electron chi connectivity index (χ0n) is 15.3. The zero-order chi connectivity index (χ0) is 20.3. The molecule has 0 aromatic heterocycles. The molecule has 6 nitrogen and oxygen atoms in total. The molecular weight excluding hydrogens is 423 g/mol. The van der Waals surface area contributed by atoms with Crippen LogP contribution in [-0.2, 0) is 21.3 Å². The van der Waals surface area contributed by atoms with Crippen molar-refractivity contribution >= 4 is 39.1 Å². The van der Waals surface area contributed by atoms with Crippen LogP contribution in [0.1, 0.15) is 15.9 Å². The molecule has 1 aliphatic rings. The second kappa shape index (κ2) is 8.80. The summed E-state index contributed by atoms with van der Waals surface area (Å²) in [6.45, 7) is 1.65. The fourth-order valence-electron chi connectivity index (χ4n) is 2.93. The van der Waals surface area contributed by atoms with Gasteiger partial charge in [-0.3, -0.25) is 4.79 Å². The summed E-state index contributed by atoms with van der Waals surface area (Å²) >= 11 is 11.9. The number of halogens is 2. The SMILES string of the molecule is CN(Cc1ccc(Cl)c(Cl)c1)C(=O)c1cccc(S(=O)(=O)N2CCOCC2)c1. The molecule has 2 aromatic carbocycles. The summed E-state index contributed by atoms with van der Waals surface area (Å²) < 4.78 is 32.2. The van der Waals surface area contributed by atoms with Crippen molar-refractivity contribution in [2.75, 3.05) is 33.4 Å². The summed E-state index contributed by atoms with van der Waals surface area (Å²) in [5.41, 5.74) is 1.12. The van der Waals surface area contributed by atoms with Crippen LogP contribution in [-0.4, -0.2) is 56.9 Å². The van der Waals surface area contributed by atoms with Crippen molar-refractivity contribution in [1.82, 2.24) is 9.21 Å². The van der Waals surface area contributed by atoms with E-state index in [2.05, 4.69) is 0 Å². The molecule has 9 heteroatoms. The molecular formula is C19H20Cl2N2O4S. The number of carbonyl (C=O) groups excluding carboxylic acids is 1. The lowest BCUT2D eigenvalue weighted by molar-refractivity contribution is 0.0730. The summed E-state index contributed by atoms with van der Waals surface area (Å²) in [5, 5.41) is 0.860. The van der Waals surface area contributed by atoms with Gasteiger partial charge in [0.15, 0.2) is 0 Å². The minimum absolute atomic E-state index is 0.100. The quantitative estimate of drug-likeness (QED) is 0.712. The van der Waals surface area contributed by atoms with E-state index in [4.69, 9.17) is 27.9 Å². The Morgan fingerprint density at radius 1 is 1.11 bits per heavy atom. The van der Waals surface area contributed by atoms with Crippen molar-refractivity contribution in [3.63, 3.8) is 0 Å². The molecule has 0 radical (unpaired) electrons. The smallest absolute Gasteiger partial charge is 0.253 e. The maximum Gasteiger partial charge on any atom is 0.253 e. The second-order valence-corrected chi connectivity index (χ2v) is 9.21. The van der Waals surface area contributed by atoms with Crippen LogP contribution in [0.4, 0.5) is 0 Å². The van der Waals surface area contributed by atoms with E-state index in [0.717, 1.165) is 5.56 Å². The van der Waals surface area contributed by atoms with Crippen LogP contribution < -0.4 is 0 Å². The molecule has 0 N–H and O–H groups in total. The fourth-order valence-corrected chi connectivity index (χ4v) is 4.70. The van der Waals surface area contributed by atoms with E-state index in [1.54, 1.807) is 37.4 Å². The van der Waals surface area contributed by atoms with Crippen molar-refractivity contribution in [2.45, 2.75) is 11.4 Å². The summed E-state index contributed by atoms with van der Waals surface area (Å²) in [6.07, 6.45) is 0. The Hall–Kier alpha value is -1.64. The minimum Gasteiger partial charge on any atom is -0.379 e. The van der Waals surface area contributed by atoms with Crippen molar-refractivity contribution < 1.29 is 17.9 Å². The number of morpholine rings is 1. The standard InChI is InChI=1S/C19H20Cl2N2O4S/c1-22(13-14-5-6-17(20)18(21)11-14)19(24)15-3-2-4-16(12-15)28(25,26)23-7-9-27-10-8-23/h2-6,11-12H,7-10,13H2,1H3. The first-order valence-corrected chi connectivity index (χ1v) is 10.9. The molecule has 1 saturated heterocycles. The number of benzene rings is 2. The van der Waals surface area contributed by atoms with Crippen LogP contribution in [0.15, 0.2) is 47.4 Å². The van der Waals surface area contributed by atoms with E-state index in [-0.39, 0.29) is 10.8 Å². The van der Waals surface area contributed by atoms with Crippen LogP contribution in [0.2, 0.25) is 10.0 Å². The van der Waals surface area contributed by atoms with Gasteiger partial charge >= 0.3 is 0 Å². The van der Waals surface area contributed by atoms with E-state index in [1.807, 2.05) is 0 Å². The molecule has 150 valence electrons. The number of ether oxygens (including phenoxy) is 1. The highest BCUT2D eigenvalue weighted by Gasteiger charge is 2.27. The first-order valence-electron chi connectivity index (χ1n) is 8.66. The highest BCUT2D eigenvalue weighted by atomic mass is 35.5. The highest BCUT2D eigenvalue weighted by Crippen LogP contribution is 2.24. The van der Waals surface area contributed by atoms with E-state index >= 15 is 0 Å². The molecule has 1 heterocycles. The molecule has 3 rings (SSSR count). The Labute approximate surface area is 174 Å². The van der Waals surface area contributed by atoms with Gasteiger partial charge in [-0.2, -0.15) is 4.31 Å². The molecule has 0 unspecified atom stereocenters. The second-order valence-electron chi connectivity index (χ2n) is 6.45. The number of nitrogens with zero attached hydrogens (tertiary/aromatic N) is 2. The third-order valence-corrected chi connectivity index (χ3v) is 7.07. The van der Waals surface area contributed by atoms with Crippen LogP contribution in [0, 0.1) is 0 Å².